The minimum Gasteiger partial charge on any atom is -0.394 e. The zero-order chi connectivity index (χ0) is 18.7. The van der Waals surface area contributed by atoms with E-state index in [2.05, 4.69) is 4.98 Å². The summed E-state index contributed by atoms with van der Waals surface area (Å²) in [5, 5.41) is 29.1. The summed E-state index contributed by atoms with van der Waals surface area (Å²) in [7, 11) is 0. The Morgan fingerprint density at radius 2 is 1.92 bits per heavy atom. The fraction of sp³-hybridized carbons (Fsp3) is 0.412. The Morgan fingerprint density at radius 3 is 2.58 bits per heavy atom. The molecule has 3 rings (SSSR count). The summed E-state index contributed by atoms with van der Waals surface area (Å²) >= 11 is 0. The predicted molar refractivity (Wildman–Crippen MR) is 90.9 cm³/mol. The summed E-state index contributed by atoms with van der Waals surface area (Å²) in [5.74, 6) is 0.0195. The van der Waals surface area contributed by atoms with Crippen molar-refractivity contribution >= 4 is 5.82 Å². The van der Waals surface area contributed by atoms with Gasteiger partial charge in [0, 0.05) is 11.8 Å². The van der Waals surface area contributed by atoms with Crippen molar-refractivity contribution in [2.75, 3.05) is 12.3 Å². The molecular formula is C17H21N3O6. The van der Waals surface area contributed by atoms with Gasteiger partial charge in [0.1, 0.15) is 24.1 Å². The molecule has 0 bridgehead atoms. The van der Waals surface area contributed by atoms with Crippen molar-refractivity contribution in [3.8, 4) is 0 Å². The Hall–Kier alpha value is -2.30. The highest BCUT2D eigenvalue weighted by molar-refractivity contribution is 5.36. The second kappa shape index (κ2) is 7.94. The molecular weight excluding hydrogens is 342 g/mol. The third-order valence-electron chi connectivity index (χ3n) is 4.22. The lowest BCUT2D eigenvalue weighted by atomic mass is 10.1. The number of nitrogens with zero attached hydrogens (tertiary/aromatic N) is 2. The lowest BCUT2D eigenvalue weighted by Crippen LogP contribution is -2.36. The van der Waals surface area contributed by atoms with Crippen molar-refractivity contribution in [1.82, 2.24) is 9.55 Å². The first-order valence-electron chi connectivity index (χ1n) is 8.13. The van der Waals surface area contributed by atoms with Crippen LogP contribution in [0.25, 0.3) is 0 Å². The summed E-state index contributed by atoms with van der Waals surface area (Å²) in [6.07, 6.45) is -3.47. The van der Waals surface area contributed by atoms with Crippen LogP contribution >= 0.6 is 0 Å². The van der Waals surface area contributed by atoms with Gasteiger partial charge in [-0.25, -0.2) is 4.79 Å². The average molecular weight is 363 g/mol. The highest BCUT2D eigenvalue weighted by Crippen LogP contribution is 2.28. The normalized spacial score (nSPS) is 25.5. The molecule has 1 fully saturated rings. The van der Waals surface area contributed by atoms with Crippen molar-refractivity contribution in [1.29, 1.82) is 0 Å². The summed E-state index contributed by atoms with van der Waals surface area (Å²) in [4.78, 5) is 15.8. The van der Waals surface area contributed by atoms with E-state index in [4.69, 9.17) is 15.2 Å². The molecule has 1 saturated heterocycles. The molecule has 1 aromatic heterocycles. The van der Waals surface area contributed by atoms with Gasteiger partial charge < -0.3 is 30.5 Å². The Morgan fingerprint density at radius 1 is 1.19 bits per heavy atom. The van der Waals surface area contributed by atoms with Gasteiger partial charge in [-0.15, -0.1) is 0 Å². The number of ether oxygens (including phenoxy) is 2. The van der Waals surface area contributed by atoms with Gasteiger partial charge >= 0.3 is 5.69 Å². The van der Waals surface area contributed by atoms with Crippen LogP contribution in [0.4, 0.5) is 5.82 Å². The van der Waals surface area contributed by atoms with E-state index >= 15 is 0 Å². The van der Waals surface area contributed by atoms with E-state index in [-0.39, 0.29) is 12.4 Å². The molecule has 2 aromatic rings. The van der Waals surface area contributed by atoms with Crippen LogP contribution < -0.4 is 11.4 Å². The highest BCUT2D eigenvalue weighted by atomic mass is 16.6. The fourth-order valence-corrected chi connectivity index (χ4v) is 2.78. The third-order valence-corrected chi connectivity index (χ3v) is 4.22. The molecule has 2 heterocycles. The lowest BCUT2D eigenvalue weighted by Gasteiger charge is -2.18. The van der Waals surface area contributed by atoms with Gasteiger partial charge in [-0.05, 0) is 5.56 Å². The highest BCUT2D eigenvalue weighted by Gasteiger charge is 2.43. The van der Waals surface area contributed by atoms with Gasteiger partial charge in [-0.3, -0.25) is 4.57 Å². The standard InChI is InChI=1S/C17H21N3O6/c18-15-11(9-25-8-10-4-2-1-3-5-10)6-20(17(24)19-15)16-14(23)13(22)12(7-21)26-16/h1-6,12-14,16,21-23H,7-9H2,(H2,18,19,24)/t12-,13-,14-,16-/m1/s1. The molecule has 26 heavy (non-hydrogen) atoms. The van der Waals surface area contributed by atoms with Gasteiger partial charge in [0.25, 0.3) is 0 Å². The van der Waals surface area contributed by atoms with Gasteiger partial charge in [-0.2, -0.15) is 4.98 Å². The average Bonchev–Trinajstić information content (AvgIpc) is 2.92. The first-order chi connectivity index (χ1) is 12.5. The maximum atomic E-state index is 12.1. The molecule has 0 amide bonds. The minimum absolute atomic E-state index is 0.0195. The molecule has 0 unspecified atom stereocenters. The largest absolute Gasteiger partial charge is 0.394 e. The smallest absolute Gasteiger partial charge is 0.351 e. The van der Waals surface area contributed by atoms with Gasteiger partial charge in [0.05, 0.1) is 19.8 Å². The Kier molecular flexibility index (Phi) is 5.64. The number of anilines is 1. The molecule has 9 heteroatoms. The SMILES string of the molecule is Nc1nc(=O)n([C@@H]2O[C@H](CO)[C@@H](O)[C@H]2O)cc1COCc1ccccc1. The molecule has 9 nitrogen and oxygen atoms in total. The maximum absolute atomic E-state index is 12.1. The number of nitrogen functional groups attached to an aromatic ring is 1. The van der Waals surface area contributed by atoms with Crippen LogP contribution in [-0.2, 0) is 22.7 Å². The quantitative estimate of drug-likeness (QED) is 0.520. The van der Waals surface area contributed by atoms with Crippen molar-refractivity contribution in [3.05, 3.63) is 58.1 Å². The van der Waals surface area contributed by atoms with Crippen molar-refractivity contribution in [3.63, 3.8) is 0 Å². The molecule has 0 spiro atoms. The van der Waals surface area contributed by atoms with Crippen LogP contribution in [0.5, 0.6) is 0 Å². The van der Waals surface area contributed by atoms with Crippen LogP contribution in [-0.4, -0.2) is 49.8 Å². The van der Waals surface area contributed by atoms with Crippen LogP contribution in [0.3, 0.4) is 0 Å². The molecule has 1 aromatic carbocycles. The van der Waals surface area contributed by atoms with E-state index in [0.29, 0.717) is 12.2 Å². The number of rotatable bonds is 6. The molecule has 4 atom stereocenters. The first kappa shape index (κ1) is 18.5. The molecule has 0 saturated carbocycles. The zero-order valence-corrected chi connectivity index (χ0v) is 13.9. The zero-order valence-electron chi connectivity index (χ0n) is 13.9. The van der Waals surface area contributed by atoms with Crippen LogP contribution in [0.1, 0.15) is 17.4 Å². The maximum Gasteiger partial charge on any atom is 0.351 e. The molecule has 0 radical (unpaired) electrons. The van der Waals surface area contributed by atoms with Crippen molar-refractivity contribution in [2.45, 2.75) is 37.8 Å². The monoisotopic (exact) mass is 363 g/mol. The van der Waals surface area contributed by atoms with Crippen LogP contribution in [0.2, 0.25) is 0 Å². The van der Waals surface area contributed by atoms with Gasteiger partial charge in [0.15, 0.2) is 6.23 Å². The fourth-order valence-electron chi connectivity index (χ4n) is 2.78. The minimum atomic E-state index is -1.38. The van der Waals surface area contributed by atoms with E-state index in [0.717, 1.165) is 10.1 Å². The van der Waals surface area contributed by atoms with Gasteiger partial charge in [0.2, 0.25) is 0 Å². The second-order valence-corrected chi connectivity index (χ2v) is 6.05. The molecule has 1 aliphatic rings. The summed E-state index contributed by atoms with van der Waals surface area (Å²) in [5.41, 5.74) is 6.48. The predicted octanol–water partition coefficient (Wildman–Crippen LogP) is -0.846. The molecule has 0 aliphatic carbocycles. The number of aromatic nitrogens is 2. The van der Waals surface area contributed by atoms with E-state index in [1.165, 1.54) is 6.20 Å². The Labute approximate surface area is 149 Å². The molecule has 1 aliphatic heterocycles. The number of aliphatic hydroxyl groups is 3. The lowest BCUT2D eigenvalue weighted by molar-refractivity contribution is -0.0552. The Bertz CT molecular complexity index is 797. The van der Waals surface area contributed by atoms with E-state index < -0.39 is 36.8 Å². The van der Waals surface area contributed by atoms with Gasteiger partial charge in [-0.1, -0.05) is 30.3 Å². The number of benzene rings is 1. The topological polar surface area (TPSA) is 140 Å². The number of nitrogens with two attached hydrogens (primary N) is 1. The number of hydrogen-bond acceptors (Lipinski definition) is 8. The third kappa shape index (κ3) is 3.76. The first-order valence-corrected chi connectivity index (χ1v) is 8.13. The Balaban J connectivity index is 1.76. The summed E-state index contributed by atoms with van der Waals surface area (Å²) < 4.78 is 12.0. The summed E-state index contributed by atoms with van der Waals surface area (Å²) in [6.45, 7) is -0.0328. The van der Waals surface area contributed by atoms with E-state index in [1.54, 1.807) is 0 Å². The van der Waals surface area contributed by atoms with E-state index in [9.17, 15) is 20.1 Å². The van der Waals surface area contributed by atoms with Crippen LogP contribution in [0, 0.1) is 0 Å². The number of hydrogen-bond donors (Lipinski definition) is 4. The molecule has 140 valence electrons. The van der Waals surface area contributed by atoms with Crippen LogP contribution in [0.15, 0.2) is 41.3 Å². The van der Waals surface area contributed by atoms with Crippen molar-refractivity contribution in [2.24, 2.45) is 0 Å². The van der Waals surface area contributed by atoms with E-state index in [1.807, 2.05) is 30.3 Å². The number of aliphatic hydroxyl groups excluding tert-OH is 3. The second-order valence-electron chi connectivity index (χ2n) is 6.05. The molecule has 5 N–H and O–H groups in total. The van der Waals surface area contributed by atoms with Crippen molar-refractivity contribution < 1.29 is 24.8 Å². The summed E-state index contributed by atoms with van der Waals surface area (Å²) in [6, 6.07) is 9.54.